The minimum Gasteiger partial charge on any atom is -0.234 e. The molecule has 50 valence electrons. The molecule has 0 atom stereocenters. The van der Waals surface area contributed by atoms with Gasteiger partial charge in [-0.1, -0.05) is 9.49 Å². The summed E-state index contributed by atoms with van der Waals surface area (Å²) >= 11 is 0. The molecule has 1 rings (SSSR count). The number of rotatable bonds is 1. The molecule has 0 saturated heterocycles. The summed E-state index contributed by atoms with van der Waals surface area (Å²) in [4.78, 5) is 9.83. The number of halogens is 1. The first kappa shape index (κ1) is 5.80. The van der Waals surface area contributed by atoms with Gasteiger partial charge in [0.2, 0.25) is 0 Å². The molecule has 0 aromatic rings. The van der Waals surface area contributed by atoms with E-state index in [2.05, 4.69) is 0 Å². The summed E-state index contributed by atoms with van der Waals surface area (Å²) in [6.45, 7) is -0.326. The van der Waals surface area contributed by atoms with Crippen LogP contribution in [0, 0.1) is 10.1 Å². The van der Waals surface area contributed by atoms with Crippen LogP contribution in [0.4, 0.5) is 4.48 Å². The molecule has 0 fully saturated rings. The zero-order valence-electron chi connectivity index (χ0n) is 4.40. The van der Waals surface area contributed by atoms with Crippen LogP contribution < -0.4 is 0 Å². The molecule has 0 aliphatic carbocycles. The Bertz CT molecular complexity index is 159. The summed E-state index contributed by atoms with van der Waals surface area (Å²) in [6, 6.07) is 0. The van der Waals surface area contributed by atoms with Crippen molar-refractivity contribution in [1.82, 2.24) is 10.1 Å². The second-order valence-electron chi connectivity index (χ2n) is 1.52. The molecule has 0 aromatic heterocycles. The highest BCUT2D eigenvalue weighted by molar-refractivity contribution is 4.81. The number of hydrazine groups is 1. The highest BCUT2D eigenvalue weighted by atomic mass is 19.2. The second kappa shape index (κ2) is 1.88. The van der Waals surface area contributed by atoms with Crippen LogP contribution in [-0.4, -0.2) is 21.8 Å². The number of nitrogens with zero attached hydrogens (tertiary/aromatic N) is 3. The Kier molecular flexibility index (Phi) is 1.21. The molecule has 1 aliphatic rings. The summed E-state index contributed by atoms with van der Waals surface area (Å²) in [7, 11) is 0. The summed E-state index contributed by atoms with van der Waals surface area (Å²) in [5.41, 5.74) is 0. The van der Waals surface area contributed by atoms with E-state index in [1.165, 1.54) is 0 Å². The van der Waals surface area contributed by atoms with Crippen molar-refractivity contribution in [2.45, 2.75) is 0 Å². The van der Waals surface area contributed by atoms with Gasteiger partial charge in [-0.05, 0) is 0 Å². The average Bonchev–Trinajstić information content (AvgIpc) is 2.14. The summed E-state index contributed by atoms with van der Waals surface area (Å²) < 4.78 is 11.9. The van der Waals surface area contributed by atoms with Crippen LogP contribution in [-0.2, 0) is 0 Å². The van der Waals surface area contributed by atoms with Crippen molar-refractivity contribution in [2.24, 2.45) is 0 Å². The van der Waals surface area contributed by atoms with Crippen molar-refractivity contribution in [1.29, 1.82) is 0 Å². The smallest absolute Gasteiger partial charge is 0.184 e. The monoisotopic (exact) mass is 133 g/mol. The number of hydrogen-bond acceptors (Lipinski definition) is 3. The van der Waals surface area contributed by atoms with Crippen LogP contribution in [0.1, 0.15) is 0 Å². The lowest BCUT2D eigenvalue weighted by Gasteiger charge is -2.03. The normalized spacial score (nSPS) is 17.0. The molecule has 9 heavy (non-hydrogen) atoms. The molecule has 1 aliphatic heterocycles. The highest BCUT2D eigenvalue weighted by Crippen LogP contribution is 2.04. The van der Waals surface area contributed by atoms with Gasteiger partial charge in [0.05, 0.1) is 12.4 Å². The van der Waals surface area contributed by atoms with Gasteiger partial charge in [0.1, 0.15) is 0 Å². The molecular weight excluding hydrogens is 129 g/mol. The SMILES string of the molecule is O=[N+]([O-])N1C=CN(F)C1. The highest BCUT2D eigenvalue weighted by Gasteiger charge is 2.19. The van der Waals surface area contributed by atoms with Crippen molar-refractivity contribution in [3.05, 3.63) is 22.5 Å². The largest absolute Gasteiger partial charge is 0.234 e. The van der Waals surface area contributed by atoms with Crippen molar-refractivity contribution >= 4 is 0 Å². The van der Waals surface area contributed by atoms with Crippen LogP contribution in [0.5, 0.6) is 0 Å². The molecule has 0 amide bonds. The van der Waals surface area contributed by atoms with E-state index in [-0.39, 0.29) is 11.8 Å². The third-order valence-corrected chi connectivity index (χ3v) is 0.890. The minimum atomic E-state index is -0.684. The number of hydrogen-bond donors (Lipinski definition) is 0. The summed E-state index contributed by atoms with van der Waals surface area (Å²) in [5.74, 6) is 0. The van der Waals surface area contributed by atoms with E-state index in [4.69, 9.17) is 0 Å². The quantitative estimate of drug-likeness (QED) is 0.289. The fraction of sp³-hybridized carbons (Fsp3) is 0.333. The predicted molar refractivity (Wildman–Crippen MR) is 25.8 cm³/mol. The van der Waals surface area contributed by atoms with Gasteiger partial charge in [-0.25, -0.2) is 10.1 Å². The van der Waals surface area contributed by atoms with Crippen LogP contribution >= 0.6 is 0 Å². The molecule has 5 nitrogen and oxygen atoms in total. The Hall–Kier alpha value is -1.33. The van der Waals surface area contributed by atoms with Crippen LogP contribution in [0.3, 0.4) is 0 Å². The molecule has 0 spiro atoms. The lowest BCUT2D eigenvalue weighted by atomic mass is 10.9. The Labute approximate surface area is 50.0 Å². The third kappa shape index (κ3) is 1.07. The van der Waals surface area contributed by atoms with Gasteiger partial charge < -0.3 is 0 Å². The lowest BCUT2D eigenvalue weighted by molar-refractivity contribution is -0.642. The van der Waals surface area contributed by atoms with Gasteiger partial charge >= 0.3 is 0 Å². The van der Waals surface area contributed by atoms with E-state index >= 15 is 0 Å². The third-order valence-electron chi connectivity index (χ3n) is 0.890. The first-order valence-electron chi connectivity index (χ1n) is 2.22. The first-order chi connectivity index (χ1) is 4.20. The Morgan fingerprint density at radius 1 is 1.67 bits per heavy atom. The summed E-state index contributed by atoms with van der Waals surface area (Å²) in [5, 5.41) is 10.0. The molecule has 6 heteroatoms. The molecule has 0 saturated carbocycles. The maximum atomic E-state index is 11.9. The molecule has 1 heterocycles. The van der Waals surface area contributed by atoms with Crippen LogP contribution in [0.2, 0.25) is 0 Å². The van der Waals surface area contributed by atoms with E-state index in [0.29, 0.717) is 5.01 Å². The van der Waals surface area contributed by atoms with Crippen LogP contribution in [0.15, 0.2) is 12.4 Å². The first-order valence-corrected chi connectivity index (χ1v) is 2.22. The van der Waals surface area contributed by atoms with Gasteiger partial charge in [-0.3, -0.25) is 0 Å². The second-order valence-corrected chi connectivity index (χ2v) is 1.52. The van der Waals surface area contributed by atoms with Gasteiger partial charge in [-0.15, -0.1) is 0 Å². The molecular formula is C3H4FN3O2. The predicted octanol–water partition coefficient (Wildman–Crippen LogP) is 0.109. The zero-order valence-corrected chi connectivity index (χ0v) is 4.40. The minimum absolute atomic E-state index is 0.225. The Morgan fingerprint density at radius 2 is 2.33 bits per heavy atom. The van der Waals surface area contributed by atoms with Crippen molar-refractivity contribution in [3.8, 4) is 0 Å². The molecule has 0 unspecified atom stereocenters. The molecule has 0 N–H and O–H groups in total. The lowest BCUT2D eigenvalue weighted by Crippen LogP contribution is -2.25. The fourth-order valence-electron chi connectivity index (χ4n) is 0.488. The topological polar surface area (TPSA) is 49.6 Å². The van der Waals surface area contributed by atoms with Gasteiger partial charge in [0.25, 0.3) is 0 Å². The summed E-state index contributed by atoms with van der Waals surface area (Å²) in [6.07, 6.45) is 2.04. The Balaban J connectivity index is 2.50. The molecule has 0 radical (unpaired) electrons. The van der Waals surface area contributed by atoms with Crippen molar-refractivity contribution in [3.63, 3.8) is 0 Å². The Morgan fingerprint density at radius 3 is 2.56 bits per heavy atom. The van der Waals surface area contributed by atoms with Crippen molar-refractivity contribution < 1.29 is 9.51 Å². The van der Waals surface area contributed by atoms with E-state index in [1.54, 1.807) is 0 Å². The van der Waals surface area contributed by atoms with E-state index < -0.39 is 5.03 Å². The average molecular weight is 133 g/mol. The maximum Gasteiger partial charge on any atom is 0.184 e. The fourth-order valence-corrected chi connectivity index (χ4v) is 0.488. The van der Waals surface area contributed by atoms with E-state index in [9.17, 15) is 14.6 Å². The van der Waals surface area contributed by atoms with Crippen molar-refractivity contribution in [2.75, 3.05) is 6.67 Å². The zero-order chi connectivity index (χ0) is 6.85. The molecule has 0 bridgehead atoms. The maximum absolute atomic E-state index is 11.9. The van der Waals surface area contributed by atoms with Gasteiger partial charge in [-0.2, -0.15) is 5.12 Å². The molecule has 0 aromatic carbocycles. The number of nitro groups is 1. The van der Waals surface area contributed by atoms with E-state index in [1.807, 2.05) is 0 Å². The standard InChI is InChI=1S/C3H4FN3O2/c4-5-1-2-6(3-5)7(8)9/h1-2H,3H2. The van der Waals surface area contributed by atoms with E-state index in [0.717, 1.165) is 12.4 Å². The van der Waals surface area contributed by atoms with Crippen LogP contribution in [0.25, 0.3) is 0 Å². The van der Waals surface area contributed by atoms with Gasteiger partial charge in [0.15, 0.2) is 11.7 Å². The van der Waals surface area contributed by atoms with Gasteiger partial charge in [0, 0.05) is 0 Å².